The Morgan fingerprint density at radius 3 is 2.71 bits per heavy atom. The van der Waals surface area contributed by atoms with Gasteiger partial charge in [0, 0.05) is 12.1 Å². The molecule has 1 aromatic rings. The van der Waals surface area contributed by atoms with Crippen LogP contribution in [0.4, 0.5) is 10.1 Å². The van der Waals surface area contributed by atoms with Gasteiger partial charge in [-0.15, -0.1) is 0 Å². The molecule has 1 N–H and O–H groups in total. The number of anilines is 1. The van der Waals surface area contributed by atoms with Gasteiger partial charge in [0.05, 0.1) is 5.69 Å². The first-order valence-corrected chi connectivity index (χ1v) is 5.73. The maximum atomic E-state index is 13.6. The largest absolute Gasteiger partial charge is 0.478 e. The zero-order chi connectivity index (χ0) is 12.6. The second-order valence-corrected chi connectivity index (χ2v) is 5.01. The average Bonchev–Trinajstić information content (AvgIpc) is 2.57. The van der Waals surface area contributed by atoms with E-state index in [4.69, 9.17) is 5.11 Å². The molecule has 1 saturated heterocycles. The number of aromatic carboxylic acids is 1. The first kappa shape index (κ1) is 11.9. The molecule has 0 spiro atoms. The molecule has 0 saturated carbocycles. The summed E-state index contributed by atoms with van der Waals surface area (Å²) in [6, 6.07) is 4.43. The predicted molar refractivity (Wildman–Crippen MR) is 64.0 cm³/mol. The molecule has 0 radical (unpaired) electrons. The summed E-state index contributed by atoms with van der Waals surface area (Å²) in [4.78, 5) is 13.1. The Labute approximate surface area is 99.9 Å². The van der Waals surface area contributed by atoms with Gasteiger partial charge >= 0.3 is 5.97 Å². The van der Waals surface area contributed by atoms with E-state index in [1.54, 1.807) is 12.1 Å². The summed E-state index contributed by atoms with van der Waals surface area (Å²) < 4.78 is 13.6. The zero-order valence-corrected chi connectivity index (χ0v) is 10.0. The highest BCUT2D eigenvalue weighted by atomic mass is 19.1. The molecule has 1 aliphatic heterocycles. The lowest BCUT2D eigenvalue weighted by atomic mass is 10.0. The van der Waals surface area contributed by atoms with Crippen LogP contribution >= 0.6 is 0 Å². The maximum Gasteiger partial charge on any atom is 0.340 e. The number of nitrogens with zero attached hydrogens (tertiary/aromatic N) is 1. The van der Waals surface area contributed by atoms with Crippen LogP contribution in [0.2, 0.25) is 0 Å². The Morgan fingerprint density at radius 1 is 1.47 bits per heavy atom. The van der Waals surface area contributed by atoms with E-state index in [1.807, 2.05) is 4.90 Å². The first-order valence-electron chi connectivity index (χ1n) is 5.73. The normalized spacial score (nSPS) is 18.4. The van der Waals surface area contributed by atoms with Crippen molar-refractivity contribution >= 4 is 11.7 Å². The van der Waals surface area contributed by atoms with E-state index < -0.39 is 11.8 Å². The van der Waals surface area contributed by atoms with Crippen molar-refractivity contribution in [3.8, 4) is 0 Å². The predicted octanol–water partition coefficient (Wildman–Crippen LogP) is 2.90. The fraction of sp³-hybridized carbons (Fsp3) is 0.462. The molecule has 0 bridgehead atoms. The lowest BCUT2D eigenvalue weighted by Crippen LogP contribution is -2.39. The standard InChI is InChI=1S/C13H16FNO2/c1-13(2)7-4-8-15(13)10-6-3-5-9(14)11(10)12(16)17/h3,5-6H,4,7-8H2,1-2H3,(H,16,17). The Balaban J connectivity index is 2.52. The lowest BCUT2D eigenvalue weighted by molar-refractivity contribution is 0.0692. The van der Waals surface area contributed by atoms with Crippen LogP contribution in [-0.4, -0.2) is 23.2 Å². The summed E-state index contributed by atoms with van der Waals surface area (Å²) in [7, 11) is 0. The monoisotopic (exact) mass is 237 g/mol. The third-order valence-electron chi connectivity index (χ3n) is 3.40. The van der Waals surface area contributed by atoms with Crippen molar-refractivity contribution < 1.29 is 14.3 Å². The highest BCUT2D eigenvalue weighted by Crippen LogP contribution is 2.36. The smallest absolute Gasteiger partial charge is 0.340 e. The summed E-state index contributed by atoms with van der Waals surface area (Å²) in [6.45, 7) is 4.88. The summed E-state index contributed by atoms with van der Waals surface area (Å²) in [5.41, 5.74) is 0.153. The number of carboxylic acid groups (broad SMARTS) is 1. The Kier molecular flexibility index (Phi) is 2.81. The molecule has 1 heterocycles. The first-order chi connectivity index (χ1) is 7.93. The SMILES string of the molecule is CC1(C)CCCN1c1cccc(F)c1C(=O)O. The molecule has 2 rings (SSSR count). The quantitative estimate of drug-likeness (QED) is 0.859. The number of hydrogen-bond acceptors (Lipinski definition) is 2. The molecule has 1 fully saturated rings. The molecule has 17 heavy (non-hydrogen) atoms. The summed E-state index contributed by atoms with van der Waals surface area (Å²) in [5.74, 6) is -1.88. The molecule has 1 aromatic carbocycles. The third kappa shape index (κ3) is 1.99. The molecule has 4 heteroatoms. The number of carboxylic acids is 1. The van der Waals surface area contributed by atoms with Crippen molar-refractivity contribution in [3.05, 3.63) is 29.6 Å². The Bertz CT molecular complexity index is 457. The Hall–Kier alpha value is -1.58. The average molecular weight is 237 g/mol. The van der Waals surface area contributed by atoms with E-state index in [-0.39, 0.29) is 11.1 Å². The number of hydrogen-bond donors (Lipinski definition) is 1. The van der Waals surface area contributed by atoms with E-state index >= 15 is 0 Å². The highest BCUT2D eigenvalue weighted by molar-refractivity contribution is 5.95. The maximum absolute atomic E-state index is 13.6. The molecular formula is C13H16FNO2. The van der Waals surface area contributed by atoms with Gasteiger partial charge in [0.15, 0.2) is 0 Å². The highest BCUT2D eigenvalue weighted by Gasteiger charge is 2.34. The van der Waals surface area contributed by atoms with Crippen molar-refractivity contribution in [3.63, 3.8) is 0 Å². The summed E-state index contributed by atoms with van der Waals surface area (Å²) in [6.07, 6.45) is 1.99. The van der Waals surface area contributed by atoms with Gasteiger partial charge in [-0.1, -0.05) is 6.07 Å². The number of halogens is 1. The summed E-state index contributed by atoms with van der Waals surface area (Å²) >= 11 is 0. The van der Waals surface area contributed by atoms with Crippen molar-refractivity contribution in [2.24, 2.45) is 0 Å². The van der Waals surface area contributed by atoms with Crippen LogP contribution in [0.1, 0.15) is 37.0 Å². The van der Waals surface area contributed by atoms with Crippen LogP contribution in [0.15, 0.2) is 18.2 Å². The molecule has 0 aromatic heterocycles. The van der Waals surface area contributed by atoms with Crippen LogP contribution in [0, 0.1) is 5.82 Å². The van der Waals surface area contributed by atoms with E-state index in [2.05, 4.69) is 13.8 Å². The van der Waals surface area contributed by atoms with E-state index in [0.717, 1.165) is 19.4 Å². The molecule has 1 aliphatic rings. The minimum absolute atomic E-state index is 0.113. The van der Waals surface area contributed by atoms with Crippen molar-refractivity contribution in [1.82, 2.24) is 0 Å². The molecule has 0 atom stereocenters. The molecule has 0 unspecified atom stereocenters. The van der Waals surface area contributed by atoms with Gasteiger partial charge in [-0.2, -0.15) is 0 Å². The zero-order valence-electron chi connectivity index (χ0n) is 10.0. The second-order valence-electron chi connectivity index (χ2n) is 5.01. The number of rotatable bonds is 2. The molecule has 0 aliphatic carbocycles. The molecule has 92 valence electrons. The topological polar surface area (TPSA) is 40.5 Å². The fourth-order valence-electron chi connectivity index (χ4n) is 2.50. The number of carbonyl (C=O) groups is 1. The van der Waals surface area contributed by atoms with Crippen LogP contribution in [0.3, 0.4) is 0 Å². The van der Waals surface area contributed by atoms with E-state index in [1.165, 1.54) is 6.07 Å². The summed E-state index contributed by atoms with van der Waals surface area (Å²) in [5, 5.41) is 9.11. The fourth-order valence-corrected chi connectivity index (χ4v) is 2.50. The van der Waals surface area contributed by atoms with Gasteiger partial charge in [0.25, 0.3) is 0 Å². The third-order valence-corrected chi connectivity index (χ3v) is 3.40. The van der Waals surface area contributed by atoms with Crippen LogP contribution < -0.4 is 4.90 Å². The van der Waals surface area contributed by atoms with Gasteiger partial charge in [0.1, 0.15) is 11.4 Å². The minimum Gasteiger partial charge on any atom is -0.478 e. The van der Waals surface area contributed by atoms with Gasteiger partial charge in [-0.25, -0.2) is 9.18 Å². The lowest BCUT2D eigenvalue weighted by Gasteiger charge is -2.34. The van der Waals surface area contributed by atoms with Crippen molar-refractivity contribution in [2.45, 2.75) is 32.2 Å². The van der Waals surface area contributed by atoms with E-state index in [9.17, 15) is 9.18 Å². The minimum atomic E-state index is -1.21. The van der Waals surface area contributed by atoms with Gasteiger partial charge in [-0.3, -0.25) is 0 Å². The molecular weight excluding hydrogens is 221 g/mol. The van der Waals surface area contributed by atoms with Crippen molar-refractivity contribution in [1.29, 1.82) is 0 Å². The molecule has 0 amide bonds. The van der Waals surface area contributed by atoms with Crippen molar-refractivity contribution in [2.75, 3.05) is 11.4 Å². The molecule has 3 nitrogen and oxygen atoms in total. The van der Waals surface area contributed by atoms with Gasteiger partial charge in [-0.05, 0) is 38.8 Å². The van der Waals surface area contributed by atoms with Crippen LogP contribution in [-0.2, 0) is 0 Å². The number of benzene rings is 1. The van der Waals surface area contributed by atoms with Gasteiger partial charge in [0.2, 0.25) is 0 Å². The van der Waals surface area contributed by atoms with E-state index in [0.29, 0.717) is 5.69 Å². The van der Waals surface area contributed by atoms with Gasteiger partial charge < -0.3 is 10.0 Å². The van der Waals surface area contributed by atoms with Crippen LogP contribution in [0.25, 0.3) is 0 Å². The van der Waals surface area contributed by atoms with Crippen LogP contribution in [0.5, 0.6) is 0 Å². The second kappa shape index (κ2) is 4.02. The Morgan fingerprint density at radius 2 is 2.18 bits per heavy atom.